The van der Waals surface area contributed by atoms with Crippen molar-refractivity contribution in [3.05, 3.63) is 136 Å². The van der Waals surface area contributed by atoms with E-state index in [-0.39, 0.29) is 5.41 Å². The Morgan fingerprint density at radius 2 is 1.50 bits per heavy atom. The van der Waals surface area contributed by atoms with Crippen molar-refractivity contribution < 1.29 is 9.90 Å². The van der Waals surface area contributed by atoms with E-state index >= 15 is 0 Å². The Labute approximate surface area is 228 Å². The molecule has 2 aliphatic rings. The Morgan fingerprint density at radius 1 is 0.789 bits per heavy atom. The van der Waals surface area contributed by atoms with Gasteiger partial charge >= 0.3 is 5.97 Å². The van der Waals surface area contributed by atoms with Crippen LogP contribution in [0.3, 0.4) is 0 Å². The summed E-state index contributed by atoms with van der Waals surface area (Å²) in [6, 6.07) is 35.3. The number of carboxylic acid groups (broad SMARTS) is 1. The second-order valence-electron chi connectivity index (χ2n) is 10.6. The number of halogens is 1. The number of hydrogen-bond acceptors (Lipinski definition) is 2. The molecule has 1 fully saturated rings. The molecule has 38 heavy (non-hydrogen) atoms. The first-order valence-corrected chi connectivity index (χ1v) is 13.6. The normalized spacial score (nSPS) is 22.1. The molecular weight excluding hydrogens is 490 g/mol. The highest BCUT2D eigenvalue weighted by atomic mass is 35.5. The number of rotatable bonds is 6. The van der Waals surface area contributed by atoms with E-state index in [0.29, 0.717) is 17.9 Å². The number of carboxylic acids is 1. The van der Waals surface area contributed by atoms with Gasteiger partial charge < -0.3 is 10.4 Å². The lowest BCUT2D eigenvalue weighted by Crippen LogP contribution is -2.52. The van der Waals surface area contributed by atoms with Crippen LogP contribution in [-0.4, -0.2) is 16.6 Å². The van der Waals surface area contributed by atoms with Crippen molar-refractivity contribution in [1.29, 1.82) is 0 Å². The molecule has 2 N–H and O–H groups in total. The van der Waals surface area contributed by atoms with Gasteiger partial charge in [0.05, 0.1) is 0 Å². The quantitative estimate of drug-likeness (QED) is 0.270. The first-order chi connectivity index (χ1) is 18.5. The fourth-order valence-electron chi connectivity index (χ4n) is 6.41. The second kappa shape index (κ2) is 9.81. The van der Waals surface area contributed by atoms with Crippen LogP contribution >= 0.6 is 11.6 Å². The van der Waals surface area contributed by atoms with Crippen LogP contribution < -0.4 is 5.32 Å². The van der Waals surface area contributed by atoms with Crippen LogP contribution in [0.5, 0.6) is 0 Å². The number of benzene rings is 4. The summed E-state index contributed by atoms with van der Waals surface area (Å²) in [7, 11) is 0. The van der Waals surface area contributed by atoms with Gasteiger partial charge in [-0.15, -0.1) is 0 Å². The minimum Gasteiger partial charge on any atom is -0.480 e. The minimum absolute atomic E-state index is 0.211. The molecule has 4 aromatic rings. The summed E-state index contributed by atoms with van der Waals surface area (Å²) in [5.74, 6) is -0.811. The van der Waals surface area contributed by atoms with Gasteiger partial charge in [-0.1, -0.05) is 96.5 Å². The SMILES string of the molecule is O=C(O)C1(Nc2cccc(Cl)c2)CCC2(CC1)C(c1cccc(Cc3ccccc3)c1)=Cc1ccccc12. The number of nitrogens with one attached hydrogen (secondary N) is 1. The van der Waals surface area contributed by atoms with Gasteiger partial charge in [0.15, 0.2) is 0 Å². The van der Waals surface area contributed by atoms with Crippen molar-refractivity contribution in [2.75, 3.05) is 5.32 Å². The summed E-state index contributed by atoms with van der Waals surface area (Å²) in [5.41, 5.74) is 7.14. The molecule has 0 bridgehead atoms. The molecule has 0 aliphatic heterocycles. The van der Waals surface area contributed by atoms with Crippen molar-refractivity contribution in [3.8, 4) is 0 Å². The van der Waals surface area contributed by atoms with Gasteiger partial charge in [0.2, 0.25) is 0 Å². The van der Waals surface area contributed by atoms with Gasteiger partial charge in [0.25, 0.3) is 0 Å². The maximum Gasteiger partial charge on any atom is 0.329 e. The third-order valence-electron chi connectivity index (χ3n) is 8.36. The van der Waals surface area contributed by atoms with Gasteiger partial charge in [-0.25, -0.2) is 4.79 Å². The second-order valence-corrected chi connectivity index (χ2v) is 11.0. The average molecular weight is 520 g/mol. The first-order valence-electron chi connectivity index (χ1n) is 13.2. The van der Waals surface area contributed by atoms with E-state index in [1.54, 1.807) is 12.1 Å². The van der Waals surface area contributed by atoms with Crippen LogP contribution in [0, 0.1) is 0 Å². The lowest BCUT2D eigenvalue weighted by atomic mass is 9.61. The largest absolute Gasteiger partial charge is 0.480 e. The van der Waals surface area contributed by atoms with Crippen molar-refractivity contribution in [2.45, 2.75) is 43.1 Å². The van der Waals surface area contributed by atoms with Crippen LogP contribution in [0.2, 0.25) is 5.02 Å². The molecule has 4 aromatic carbocycles. The lowest BCUT2D eigenvalue weighted by Gasteiger charge is -2.45. The highest BCUT2D eigenvalue weighted by Gasteiger charge is 2.51. The molecule has 0 atom stereocenters. The third kappa shape index (κ3) is 4.41. The molecule has 0 amide bonds. The fraction of sp³-hybridized carbons (Fsp3) is 0.206. The molecule has 4 heteroatoms. The summed E-state index contributed by atoms with van der Waals surface area (Å²) in [5, 5.41) is 14.3. The van der Waals surface area contributed by atoms with Gasteiger partial charge in [-0.2, -0.15) is 0 Å². The van der Waals surface area contributed by atoms with E-state index < -0.39 is 11.5 Å². The molecule has 0 unspecified atom stereocenters. The molecule has 0 radical (unpaired) electrons. The zero-order chi connectivity index (χ0) is 26.2. The molecule has 2 aliphatic carbocycles. The Balaban J connectivity index is 1.34. The van der Waals surface area contributed by atoms with Gasteiger partial charge in [-0.05, 0) is 89.8 Å². The summed E-state index contributed by atoms with van der Waals surface area (Å²) >= 11 is 6.20. The molecule has 0 heterocycles. The zero-order valence-corrected chi connectivity index (χ0v) is 21.9. The third-order valence-corrected chi connectivity index (χ3v) is 8.59. The van der Waals surface area contributed by atoms with E-state index in [4.69, 9.17) is 11.6 Å². The minimum atomic E-state index is -1.03. The van der Waals surface area contributed by atoms with Crippen molar-refractivity contribution >= 4 is 34.9 Å². The summed E-state index contributed by atoms with van der Waals surface area (Å²) in [6.07, 6.45) is 5.74. The predicted molar refractivity (Wildman–Crippen MR) is 156 cm³/mol. The zero-order valence-electron chi connectivity index (χ0n) is 21.2. The number of fused-ring (bicyclic) bond motifs is 2. The molecule has 1 saturated carbocycles. The lowest BCUT2D eigenvalue weighted by molar-refractivity contribution is -0.143. The number of carbonyl (C=O) groups is 1. The average Bonchev–Trinajstić information content (AvgIpc) is 3.25. The topological polar surface area (TPSA) is 49.3 Å². The van der Waals surface area contributed by atoms with E-state index in [1.165, 1.54) is 33.4 Å². The highest BCUT2D eigenvalue weighted by Crippen LogP contribution is 2.56. The van der Waals surface area contributed by atoms with Gasteiger partial charge in [0, 0.05) is 16.1 Å². The Bertz CT molecular complexity index is 1520. The summed E-state index contributed by atoms with van der Waals surface area (Å²) in [4.78, 5) is 12.7. The van der Waals surface area contributed by atoms with Crippen molar-refractivity contribution in [3.63, 3.8) is 0 Å². The van der Waals surface area contributed by atoms with Gasteiger partial charge in [-0.3, -0.25) is 0 Å². The van der Waals surface area contributed by atoms with E-state index in [1.807, 2.05) is 18.2 Å². The van der Waals surface area contributed by atoms with Gasteiger partial charge in [0.1, 0.15) is 5.54 Å². The summed E-state index contributed by atoms with van der Waals surface area (Å²) in [6.45, 7) is 0. The molecule has 0 aromatic heterocycles. The van der Waals surface area contributed by atoms with Crippen LogP contribution in [0.25, 0.3) is 11.6 Å². The Kier molecular flexibility index (Phi) is 6.33. The predicted octanol–water partition coefficient (Wildman–Crippen LogP) is 8.23. The number of allylic oxidation sites excluding steroid dienone is 1. The van der Waals surface area contributed by atoms with E-state index in [9.17, 15) is 9.90 Å². The monoisotopic (exact) mass is 519 g/mol. The number of aliphatic carboxylic acids is 1. The van der Waals surface area contributed by atoms with Crippen LogP contribution in [0.1, 0.15) is 53.5 Å². The fourth-order valence-corrected chi connectivity index (χ4v) is 6.60. The van der Waals surface area contributed by atoms with Crippen molar-refractivity contribution in [1.82, 2.24) is 0 Å². The van der Waals surface area contributed by atoms with E-state index in [0.717, 1.165) is 24.9 Å². The van der Waals surface area contributed by atoms with Crippen LogP contribution in [0.15, 0.2) is 103 Å². The maximum absolute atomic E-state index is 12.7. The molecule has 0 saturated heterocycles. The number of hydrogen-bond donors (Lipinski definition) is 2. The summed E-state index contributed by atoms with van der Waals surface area (Å²) < 4.78 is 0. The molecule has 190 valence electrons. The van der Waals surface area contributed by atoms with E-state index in [2.05, 4.69) is 84.2 Å². The Hall–Kier alpha value is -3.82. The van der Waals surface area contributed by atoms with Crippen molar-refractivity contribution in [2.24, 2.45) is 0 Å². The molecule has 3 nitrogen and oxygen atoms in total. The molecule has 6 rings (SSSR count). The Morgan fingerprint density at radius 3 is 2.26 bits per heavy atom. The standard InChI is InChI=1S/C34H30ClNO2/c35-28-13-7-14-29(23-28)36-34(32(37)38)18-16-33(17-19-34)30-15-5-4-11-27(30)22-31(33)26-12-6-10-25(21-26)20-24-8-2-1-3-9-24/h1-15,21-23,36H,16-20H2,(H,37,38). The van der Waals surface area contributed by atoms with Crippen LogP contribution in [-0.2, 0) is 16.6 Å². The molecular formula is C34H30ClNO2. The molecule has 1 spiro atoms. The maximum atomic E-state index is 12.7. The van der Waals surface area contributed by atoms with Crippen LogP contribution in [0.4, 0.5) is 5.69 Å². The smallest absolute Gasteiger partial charge is 0.329 e. The first kappa shape index (κ1) is 24.5. The highest BCUT2D eigenvalue weighted by molar-refractivity contribution is 6.30. The number of anilines is 1.